The van der Waals surface area contributed by atoms with E-state index in [0.717, 1.165) is 22.0 Å². The van der Waals surface area contributed by atoms with Crippen LogP contribution in [0.4, 0.5) is 0 Å². The number of benzene rings is 2. The molecule has 0 aliphatic carbocycles. The first-order chi connectivity index (χ1) is 9.00. The van der Waals surface area contributed by atoms with E-state index >= 15 is 0 Å². The molecule has 19 heavy (non-hydrogen) atoms. The summed E-state index contributed by atoms with van der Waals surface area (Å²) in [5.41, 5.74) is 4.58. The first kappa shape index (κ1) is 14.5. The predicted octanol–water partition coefficient (Wildman–Crippen LogP) is 3.64. The van der Waals surface area contributed by atoms with Gasteiger partial charge >= 0.3 is 125 Å². The average molecular weight is 262 g/mol. The molecule has 0 spiro atoms. The van der Waals surface area contributed by atoms with Gasteiger partial charge in [-0.25, -0.2) is 0 Å². The number of carbonyl (C=O) groups is 1. The first-order valence-electron chi connectivity index (χ1n) is 6.41. The molecule has 0 aromatic heterocycles. The van der Waals surface area contributed by atoms with Crippen LogP contribution in [0.1, 0.15) is 27.0 Å². The molecule has 0 fully saturated rings. The summed E-state index contributed by atoms with van der Waals surface area (Å²) in [6, 6.07) is 14.2. The van der Waals surface area contributed by atoms with Crippen molar-refractivity contribution in [3.8, 4) is 0 Å². The van der Waals surface area contributed by atoms with Gasteiger partial charge in [0.1, 0.15) is 0 Å². The van der Waals surface area contributed by atoms with E-state index in [2.05, 4.69) is 19.1 Å². The minimum absolute atomic E-state index is 0.274. The topological polar surface area (TPSA) is 17.1 Å². The molecule has 0 amide bonds. The summed E-state index contributed by atoms with van der Waals surface area (Å²) in [5, 5.41) is 1.14. The van der Waals surface area contributed by atoms with Crippen LogP contribution in [0.5, 0.6) is 0 Å². The third kappa shape index (κ3) is 3.18. The summed E-state index contributed by atoms with van der Waals surface area (Å²) >= 11 is 2.05. The standard InChI is InChI=1S/C16H16OP.Li/c1-11-9-12(2)15(13(3)10-11)16(17)18-14-7-5-4-6-8-14;/h4-10H,1-3H3;/q-1;+1. The second-order valence-electron chi connectivity index (χ2n) is 4.97. The van der Waals surface area contributed by atoms with Crippen LogP contribution >= 0.6 is 6.35 Å². The van der Waals surface area contributed by atoms with Gasteiger partial charge in [-0.15, -0.1) is 0 Å². The van der Waals surface area contributed by atoms with E-state index in [-0.39, 0.29) is 5.52 Å². The molecule has 2 rings (SSSR count). The molecule has 0 aliphatic heterocycles. The Balaban J connectivity index is 2.40. The second kappa shape index (κ2) is 6.06. The summed E-state index contributed by atoms with van der Waals surface area (Å²) in [4.78, 5) is 12.7. The quantitative estimate of drug-likeness (QED) is 0.609. The Kier molecular flexibility index (Phi) is 4.64. The van der Waals surface area contributed by atoms with E-state index in [4.69, 9.17) is 0 Å². The van der Waals surface area contributed by atoms with Crippen LogP contribution in [0, 0.1) is 20.8 Å². The van der Waals surface area contributed by atoms with E-state index < -0.39 is 6.35 Å². The summed E-state index contributed by atoms with van der Waals surface area (Å²) in [6.07, 6.45) is -0.794. The molecule has 2 aromatic carbocycles. The molecule has 3 heteroatoms. The molecule has 92 valence electrons. The Hall–Kier alpha value is -0.863. The van der Waals surface area contributed by atoms with E-state index in [0.29, 0.717) is 0 Å². The third-order valence-electron chi connectivity index (χ3n) is 3.34. The predicted molar refractivity (Wildman–Crippen MR) is 83.7 cm³/mol. The Bertz CT molecular complexity index is 584. The SMILES string of the molecule is [Li][P](C(=O)c1c(C)cc(C)cc1C)c1ccccc1. The van der Waals surface area contributed by atoms with E-state index in [1.54, 1.807) is 0 Å². The van der Waals surface area contributed by atoms with E-state index in [9.17, 15) is 4.79 Å². The molecule has 0 heterocycles. The molecule has 2 aromatic rings. The fourth-order valence-corrected chi connectivity index (χ4v) is 4.00. The molecule has 0 saturated heterocycles. The van der Waals surface area contributed by atoms with Crippen molar-refractivity contribution in [1.82, 2.24) is 0 Å². The Morgan fingerprint density at radius 1 is 1.00 bits per heavy atom. The van der Waals surface area contributed by atoms with Crippen molar-refractivity contribution in [2.75, 3.05) is 0 Å². The maximum atomic E-state index is 12.7. The molecule has 0 bridgehead atoms. The number of aryl methyl sites for hydroxylation is 3. The van der Waals surface area contributed by atoms with Crippen molar-refractivity contribution in [3.05, 3.63) is 64.7 Å². The van der Waals surface area contributed by atoms with Gasteiger partial charge in [0.2, 0.25) is 0 Å². The van der Waals surface area contributed by atoms with Gasteiger partial charge in [0.25, 0.3) is 0 Å². The van der Waals surface area contributed by atoms with Crippen molar-refractivity contribution in [2.24, 2.45) is 0 Å². The average Bonchev–Trinajstić information content (AvgIpc) is 2.37. The van der Waals surface area contributed by atoms with Crippen LogP contribution in [0.3, 0.4) is 0 Å². The van der Waals surface area contributed by atoms with Gasteiger partial charge in [-0.05, 0) is 0 Å². The molecule has 1 unspecified atom stereocenters. The zero-order chi connectivity index (χ0) is 14.0. The number of rotatable bonds is 3. The van der Waals surface area contributed by atoms with Crippen LogP contribution in [-0.4, -0.2) is 22.8 Å². The molecule has 0 saturated carbocycles. The normalized spacial score (nSPS) is 12.3. The van der Waals surface area contributed by atoms with E-state index in [1.165, 1.54) is 5.56 Å². The number of hydrogen-bond acceptors (Lipinski definition) is 1. The summed E-state index contributed by atoms with van der Waals surface area (Å²) in [7, 11) is 0. The van der Waals surface area contributed by atoms with Gasteiger partial charge in [-0.2, -0.15) is 0 Å². The van der Waals surface area contributed by atoms with Gasteiger partial charge in [-0.3, -0.25) is 0 Å². The van der Waals surface area contributed by atoms with Crippen molar-refractivity contribution < 1.29 is 4.79 Å². The number of carbonyl (C=O) groups excluding carboxylic acids is 1. The van der Waals surface area contributed by atoms with Gasteiger partial charge < -0.3 is 0 Å². The Labute approximate surface area is 124 Å². The van der Waals surface area contributed by atoms with Crippen molar-refractivity contribution in [2.45, 2.75) is 20.8 Å². The molecule has 0 radical (unpaired) electrons. The zero-order valence-corrected chi connectivity index (χ0v) is 12.8. The van der Waals surface area contributed by atoms with Crippen LogP contribution < -0.4 is 5.30 Å². The van der Waals surface area contributed by atoms with Gasteiger partial charge in [0.05, 0.1) is 0 Å². The van der Waals surface area contributed by atoms with Crippen molar-refractivity contribution in [3.63, 3.8) is 0 Å². The molecular weight excluding hydrogens is 246 g/mol. The van der Waals surface area contributed by atoms with Crippen LogP contribution in [0.15, 0.2) is 42.5 Å². The minimum atomic E-state index is -0.794. The molecular formula is C16H16LiOP. The summed E-state index contributed by atoms with van der Waals surface area (Å²) in [6.45, 7) is 6.13. The van der Waals surface area contributed by atoms with Crippen LogP contribution in [0.2, 0.25) is 0 Å². The van der Waals surface area contributed by atoms with Crippen LogP contribution in [0.25, 0.3) is 0 Å². The fraction of sp³-hybridized carbons (Fsp3) is 0.188. The van der Waals surface area contributed by atoms with Gasteiger partial charge in [0, 0.05) is 0 Å². The summed E-state index contributed by atoms with van der Waals surface area (Å²) in [5.74, 6) is 0. The van der Waals surface area contributed by atoms with Gasteiger partial charge in [0.15, 0.2) is 0 Å². The fourth-order valence-electron chi connectivity index (χ4n) is 2.45. The monoisotopic (exact) mass is 262 g/mol. The van der Waals surface area contributed by atoms with Crippen molar-refractivity contribution >= 4 is 34.4 Å². The molecule has 1 atom stereocenters. The Morgan fingerprint density at radius 3 is 2.05 bits per heavy atom. The molecule has 0 aliphatic rings. The number of hydrogen-bond donors (Lipinski definition) is 0. The second-order valence-corrected chi connectivity index (χ2v) is 7.01. The van der Waals surface area contributed by atoms with Crippen molar-refractivity contribution in [1.29, 1.82) is 0 Å². The summed E-state index contributed by atoms with van der Waals surface area (Å²) < 4.78 is 0. The Morgan fingerprint density at radius 2 is 1.53 bits per heavy atom. The molecule has 0 N–H and O–H groups in total. The van der Waals surface area contributed by atoms with Gasteiger partial charge in [-0.1, -0.05) is 0 Å². The van der Waals surface area contributed by atoms with Crippen LogP contribution in [-0.2, 0) is 0 Å². The molecule has 1 nitrogen and oxygen atoms in total. The zero-order valence-electron chi connectivity index (χ0n) is 11.9. The third-order valence-corrected chi connectivity index (χ3v) is 5.24. The maximum absolute atomic E-state index is 12.7. The first-order valence-corrected chi connectivity index (χ1v) is 8.20. The van der Waals surface area contributed by atoms with E-state index in [1.807, 2.05) is 61.4 Å².